The topological polar surface area (TPSA) is 42.7 Å². The van der Waals surface area contributed by atoms with Crippen molar-refractivity contribution in [1.29, 1.82) is 0 Å². The van der Waals surface area contributed by atoms with Crippen molar-refractivity contribution in [3.63, 3.8) is 0 Å². The van der Waals surface area contributed by atoms with Gasteiger partial charge in [-0.2, -0.15) is 0 Å². The second kappa shape index (κ2) is 5.20. The number of aromatic nitrogens is 3. The summed E-state index contributed by atoms with van der Waals surface area (Å²) in [5, 5.41) is 3.39. The predicted molar refractivity (Wildman–Crippen MR) is 86.3 cm³/mol. The molecule has 0 atom stereocenters. The Morgan fingerprint density at radius 1 is 1.10 bits per heavy atom. The van der Waals surface area contributed by atoms with Crippen LogP contribution in [0.5, 0.6) is 0 Å². The molecule has 2 heterocycles. The summed E-state index contributed by atoms with van der Waals surface area (Å²) in [6, 6.07) is 12.2. The Bertz CT molecular complexity index is 738. The zero-order valence-electron chi connectivity index (χ0n) is 12.7. The van der Waals surface area contributed by atoms with E-state index in [4.69, 9.17) is 0 Å². The molecule has 108 valence electrons. The Balaban J connectivity index is 1.82. The summed E-state index contributed by atoms with van der Waals surface area (Å²) >= 11 is 0. The van der Waals surface area contributed by atoms with Crippen LogP contribution in [0.2, 0.25) is 0 Å². The van der Waals surface area contributed by atoms with Gasteiger partial charge < -0.3 is 9.88 Å². The summed E-state index contributed by atoms with van der Waals surface area (Å²) in [7, 11) is 0. The molecular weight excluding hydrogens is 260 g/mol. The third-order valence-electron chi connectivity index (χ3n) is 3.47. The molecule has 0 aliphatic carbocycles. The number of nitrogens with one attached hydrogen (secondary N) is 1. The highest BCUT2D eigenvalue weighted by Crippen LogP contribution is 2.24. The highest BCUT2D eigenvalue weighted by Gasteiger charge is 2.15. The Labute approximate surface area is 124 Å². The van der Waals surface area contributed by atoms with Crippen LogP contribution in [0, 0.1) is 0 Å². The van der Waals surface area contributed by atoms with Gasteiger partial charge in [-0.15, -0.1) is 0 Å². The third kappa shape index (κ3) is 2.89. The molecule has 21 heavy (non-hydrogen) atoms. The summed E-state index contributed by atoms with van der Waals surface area (Å²) < 4.78 is 2.20. The van der Waals surface area contributed by atoms with E-state index in [0.29, 0.717) is 6.54 Å². The number of nitrogens with zero attached hydrogens (tertiary/aromatic N) is 3. The van der Waals surface area contributed by atoms with Crippen LogP contribution in [0.1, 0.15) is 26.5 Å². The van der Waals surface area contributed by atoms with Gasteiger partial charge in [0.15, 0.2) is 0 Å². The van der Waals surface area contributed by atoms with Crippen LogP contribution in [-0.4, -0.2) is 14.5 Å². The predicted octanol–water partition coefficient (Wildman–Crippen LogP) is 3.80. The highest BCUT2D eigenvalue weighted by molar-refractivity contribution is 5.79. The maximum atomic E-state index is 4.51. The lowest BCUT2D eigenvalue weighted by Crippen LogP contribution is -2.20. The molecule has 0 fully saturated rings. The van der Waals surface area contributed by atoms with Gasteiger partial charge in [0.05, 0.1) is 29.6 Å². The van der Waals surface area contributed by atoms with Crippen molar-refractivity contribution in [2.75, 3.05) is 5.32 Å². The standard InChI is InChI=1S/C17H20N4/c1-17(2,3)21-12-20-15-10-13(7-8-16(15)21)19-11-14-6-4-5-9-18-14/h4-10,12,19H,11H2,1-3H3. The number of pyridine rings is 1. The van der Waals surface area contributed by atoms with Crippen LogP contribution in [0.3, 0.4) is 0 Å². The second-order valence-electron chi connectivity index (χ2n) is 6.16. The van der Waals surface area contributed by atoms with Crippen LogP contribution < -0.4 is 5.32 Å². The van der Waals surface area contributed by atoms with E-state index < -0.39 is 0 Å². The second-order valence-corrected chi connectivity index (χ2v) is 6.16. The highest BCUT2D eigenvalue weighted by atomic mass is 15.1. The van der Waals surface area contributed by atoms with Gasteiger partial charge in [-0.1, -0.05) is 6.07 Å². The Kier molecular flexibility index (Phi) is 3.37. The number of anilines is 1. The number of fused-ring (bicyclic) bond motifs is 1. The van der Waals surface area contributed by atoms with E-state index in [1.165, 1.54) is 0 Å². The van der Waals surface area contributed by atoms with Crippen molar-refractivity contribution in [3.8, 4) is 0 Å². The third-order valence-corrected chi connectivity index (χ3v) is 3.47. The zero-order valence-corrected chi connectivity index (χ0v) is 12.7. The monoisotopic (exact) mass is 280 g/mol. The lowest BCUT2D eigenvalue weighted by atomic mass is 10.1. The van der Waals surface area contributed by atoms with E-state index in [-0.39, 0.29) is 5.54 Å². The average Bonchev–Trinajstić information content (AvgIpc) is 2.89. The minimum atomic E-state index is 0.0393. The molecule has 0 radical (unpaired) electrons. The Morgan fingerprint density at radius 2 is 1.95 bits per heavy atom. The molecule has 1 aromatic carbocycles. The minimum absolute atomic E-state index is 0.0393. The van der Waals surface area contributed by atoms with Gasteiger partial charge in [0.1, 0.15) is 0 Å². The van der Waals surface area contributed by atoms with Crippen molar-refractivity contribution >= 4 is 16.7 Å². The molecule has 3 rings (SSSR count). The van der Waals surface area contributed by atoms with Crippen LogP contribution in [0.25, 0.3) is 11.0 Å². The largest absolute Gasteiger partial charge is 0.379 e. The molecule has 4 heteroatoms. The smallest absolute Gasteiger partial charge is 0.0963 e. The molecule has 0 amide bonds. The van der Waals surface area contributed by atoms with Crippen LogP contribution in [0.15, 0.2) is 48.9 Å². The van der Waals surface area contributed by atoms with E-state index in [9.17, 15) is 0 Å². The SMILES string of the molecule is CC(C)(C)n1cnc2cc(NCc3ccccn3)ccc21. The molecule has 2 aromatic heterocycles. The quantitative estimate of drug-likeness (QED) is 0.793. The number of benzene rings is 1. The lowest BCUT2D eigenvalue weighted by molar-refractivity contribution is 0.408. The summed E-state index contributed by atoms with van der Waals surface area (Å²) in [4.78, 5) is 8.82. The lowest BCUT2D eigenvalue weighted by Gasteiger charge is -2.21. The molecule has 4 nitrogen and oxygen atoms in total. The van der Waals surface area contributed by atoms with E-state index in [0.717, 1.165) is 22.4 Å². The van der Waals surface area contributed by atoms with E-state index >= 15 is 0 Å². The molecule has 1 N–H and O–H groups in total. The van der Waals surface area contributed by atoms with Gasteiger partial charge in [-0.25, -0.2) is 4.98 Å². The fraction of sp³-hybridized carbons (Fsp3) is 0.294. The first-order chi connectivity index (χ1) is 10.0. The van der Waals surface area contributed by atoms with Gasteiger partial charge in [0.25, 0.3) is 0 Å². The number of hydrogen-bond acceptors (Lipinski definition) is 3. The van der Waals surface area contributed by atoms with Crippen LogP contribution in [-0.2, 0) is 12.1 Å². The zero-order chi connectivity index (χ0) is 14.9. The Morgan fingerprint density at radius 3 is 2.67 bits per heavy atom. The molecular formula is C17H20N4. The first-order valence-corrected chi connectivity index (χ1v) is 7.15. The van der Waals surface area contributed by atoms with Crippen molar-refractivity contribution in [2.24, 2.45) is 0 Å². The molecule has 3 aromatic rings. The first-order valence-electron chi connectivity index (χ1n) is 7.15. The van der Waals surface area contributed by atoms with Crippen molar-refractivity contribution in [2.45, 2.75) is 32.9 Å². The van der Waals surface area contributed by atoms with Crippen molar-refractivity contribution in [1.82, 2.24) is 14.5 Å². The number of rotatable bonds is 3. The molecule has 0 saturated carbocycles. The van der Waals surface area contributed by atoms with Crippen molar-refractivity contribution in [3.05, 3.63) is 54.6 Å². The summed E-state index contributed by atoms with van der Waals surface area (Å²) in [6.07, 6.45) is 3.72. The number of hydrogen-bond donors (Lipinski definition) is 1. The summed E-state index contributed by atoms with van der Waals surface area (Å²) in [5.74, 6) is 0. The fourth-order valence-electron chi connectivity index (χ4n) is 2.35. The van der Waals surface area contributed by atoms with Crippen LogP contribution >= 0.6 is 0 Å². The van der Waals surface area contributed by atoms with Crippen molar-refractivity contribution < 1.29 is 0 Å². The maximum absolute atomic E-state index is 4.51. The van der Waals surface area contributed by atoms with Gasteiger partial charge >= 0.3 is 0 Å². The van der Waals surface area contributed by atoms with Crippen LogP contribution in [0.4, 0.5) is 5.69 Å². The minimum Gasteiger partial charge on any atom is -0.379 e. The molecule has 0 bridgehead atoms. The van der Waals surface area contributed by atoms with E-state index in [2.05, 4.69) is 58.8 Å². The molecule has 0 aliphatic rings. The van der Waals surface area contributed by atoms with Gasteiger partial charge in [0, 0.05) is 17.4 Å². The molecule has 0 aliphatic heterocycles. The van der Waals surface area contributed by atoms with E-state index in [1.807, 2.05) is 30.7 Å². The van der Waals surface area contributed by atoms with E-state index in [1.54, 1.807) is 0 Å². The van der Waals surface area contributed by atoms with Gasteiger partial charge in [-0.3, -0.25) is 4.98 Å². The average molecular weight is 280 g/mol. The Hall–Kier alpha value is -2.36. The summed E-state index contributed by atoms with van der Waals surface area (Å²) in [5.41, 5.74) is 4.30. The molecule has 0 saturated heterocycles. The van der Waals surface area contributed by atoms with Gasteiger partial charge in [-0.05, 0) is 51.1 Å². The fourth-order valence-corrected chi connectivity index (χ4v) is 2.35. The normalized spacial score (nSPS) is 11.8. The first kappa shape index (κ1) is 13.6. The van der Waals surface area contributed by atoms with Gasteiger partial charge in [0.2, 0.25) is 0 Å². The molecule has 0 spiro atoms. The maximum Gasteiger partial charge on any atom is 0.0963 e. The molecule has 0 unspecified atom stereocenters. The number of imidazole rings is 1. The summed E-state index contributed by atoms with van der Waals surface area (Å²) in [6.45, 7) is 7.26.